The molecular weight excluding hydrogens is 488 g/mol. The van der Waals surface area contributed by atoms with Gasteiger partial charge in [0.1, 0.15) is 28.9 Å². The topological polar surface area (TPSA) is 74.8 Å². The number of halogens is 3. The molecule has 0 amide bonds. The van der Waals surface area contributed by atoms with Gasteiger partial charge in [0.2, 0.25) is 0 Å². The van der Waals surface area contributed by atoms with Gasteiger partial charge in [0, 0.05) is 41.7 Å². The van der Waals surface area contributed by atoms with Crippen molar-refractivity contribution in [1.29, 1.82) is 0 Å². The van der Waals surface area contributed by atoms with Crippen molar-refractivity contribution in [2.24, 2.45) is 0 Å². The van der Waals surface area contributed by atoms with Gasteiger partial charge in [-0.2, -0.15) is 5.10 Å². The molecule has 7 nitrogen and oxygen atoms in total. The van der Waals surface area contributed by atoms with Crippen molar-refractivity contribution < 1.29 is 13.5 Å². The largest absolute Gasteiger partial charge is 0.485 e. The van der Waals surface area contributed by atoms with Crippen molar-refractivity contribution >= 4 is 11.6 Å². The van der Waals surface area contributed by atoms with Gasteiger partial charge in [0.05, 0.1) is 17.6 Å². The van der Waals surface area contributed by atoms with Crippen LogP contribution in [0.1, 0.15) is 49.8 Å². The van der Waals surface area contributed by atoms with Crippen LogP contribution in [0.4, 0.5) is 8.78 Å². The second kappa shape index (κ2) is 9.81. The normalized spacial score (nSPS) is 11.7. The summed E-state index contributed by atoms with van der Waals surface area (Å²) in [5.74, 6) is -1.01. The molecule has 0 saturated heterocycles. The van der Waals surface area contributed by atoms with Crippen LogP contribution in [0.2, 0.25) is 5.02 Å². The lowest BCUT2D eigenvalue weighted by atomic mass is 9.87. The highest BCUT2D eigenvalue weighted by atomic mass is 35.5. The minimum Gasteiger partial charge on any atom is -0.485 e. The Morgan fingerprint density at radius 3 is 2.56 bits per heavy atom. The quantitative estimate of drug-likeness (QED) is 0.320. The first-order chi connectivity index (χ1) is 17.0. The number of hydrogen-bond donors (Lipinski definition) is 0. The van der Waals surface area contributed by atoms with E-state index in [1.54, 1.807) is 29.9 Å². The van der Waals surface area contributed by atoms with Crippen LogP contribution < -0.4 is 10.3 Å². The lowest BCUT2D eigenvalue weighted by molar-refractivity contribution is 0.292. The van der Waals surface area contributed by atoms with Crippen LogP contribution in [-0.4, -0.2) is 24.3 Å². The van der Waals surface area contributed by atoms with E-state index >= 15 is 0 Å². The van der Waals surface area contributed by atoms with E-state index in [0.717, 1.165) is 23.9 Å². The van der Waals surface area contributed by atoms with Crippen LogP contribution in [0, 0.1) is 25.5 Å². The number of aryl methyl sites for hydroxylation is 2. The zero-order valence-corrected chi connectivity index (χ0v) is 21.4. The Morgan fingerprint density at radius 1 is 1.11 bits per heavy atom. The third kappa shape index (κ3) is 4.88. The van der Waals surface area contributed by atoms with Crippen molar-refractivity contribution in [1.82, 2.24) is 24.3 Å². The summed E-state index contributed by atoms with van der Waals surface area (Å²) >= 11 is 6.36. The van der Waals surface area contributed by atoms with E-state index in [4.69, 9.17) is 21.4 Å². The zero-order valence-electron chi connectivity index (χ0n) is 20.6. The van der Waals surface area contributed by atoms with Crippen LogP contribution >= 0.6 is 11.6 Å². The van der Waals surface area contributed by atoms with Crippen LogP contribution in [0.15, 0.2) is 47.7 Å². The molecule has 0 N–H and O–H groups in total. The molecule has 0 spiro atoms. The minimum absolute atomic E-state index is 0.0754. The molecule has 36 heavy (non-hydrogen) atoms. The van der Waals surface area contributed by atoms with E-state index < -0.39 is 17.2 Å². The molecule has 4 aromatic heterocycles. The van der Waals surface area contributed by atoms with Gasteiger partial charge in [-0.1, -0.05) is 32.4 Å². The maximum absolute atomic E-state index is 13.9. The SMILES string of the molecule is CCC(C)(C)c1ccn(-c2cc(-n3c(C)cc(OCc4ncc(F)cc4F)c(Cl)c3=O)c(C)cn2)n1. The Kier molecular flexibility index (Phi) is 6.95. The Labute approximate surface area is 212 Å². The molecule has 0 bridgehead atoms. The first-order valence-corrected chi connectivity index (χ1v) is 11.8. The molecule has 10 heteroatoms. The lowest BCUT2D eigenvalue weighted by Gasteiger charge is -2.19. The second-order valence-electron chi connectivity index (χ2n) is 9.19. The summed E-state index contributed by atoms with van der Waals surface area (Å²) in [5, 5.41) is 4.52. The number of nitrogens with zero attached hydrogens (tertiary/aromatic N) is 5. The summed E-state index contributed by atoms with van der Waals surface area (Å²) in [6.45, 7) is 9.62. The van der Waals surface area contributed by atoms with Gasteiger partial charge < -0.3 is 4.74 Å². The highest BCUT2D eigenvalue weighted by Gasteiger charge is 2.22. The molecule has 0 atom stereocenters. The van der Waals surface area contributed by atoms with E-state index in [9.17, 15) is 13.6 Å². The van der Waals surface area contributed by atoms with Gasteiger partial charge in [0.15, 0.2) is 11.6 Å². The number of rotatable bonds is 7. The third-order valence-electron chi connectivity index (χ3n) is 6.25. The molecule has 4 heterocycles. The van der Waals surface area contributed by atoms with Gasteiger partial charge in [0.25, 0.3) is 5.56 Å². The van der Waals surface area contributed by atoms with E-state index in [1.165, 1.54) is 4.57 Å². The summed E-state index contributed by atoms with van der Waals surface area (Å²) < 4.78 is 35.7. The van der Waals surface area contributed by atoms with E-state index in [0.29, 0.717) is 23.3 Å². The second-order valence-corrected chi connectivity index (χ2v) is 9.57. The fraction of sp³-hybridized carbons (Fsp3) is 0.308. The van der Waals surface area contributed by atoms with Gasteiger partial charge >= 0.3 is 0 Å². The highest BCUT2D eigenvalue weighted by Crippen LogP contribution is 2.28. The first-order valence-electron chi connectivity index (χ1n) is 11.4. The summed E-state index contributed by atoms with van der Waals surface area (Å²) in [6, 6.07) is 6.03. The van der Waals surface area contributed by atoms with Crippen LogP contribution in [0.3, 0.4) is 0 Å². The van der Waals surface area contributed by atoms with E-state index in [2.05, 4.69) is 30.7 Å². The lowest BCUT2D eigenvalue weighted by Crippen LogP contribution is -2.23. The fourth-order valence-electron chi connectivity index (χ4n) is 3.64. The Hall–Kier alpha value is -3.59. The van der Waals surface area contributed by atoms with Crippen molar-refractivity contribution in [2.75, 3.05) is 0 Å². The Bertz CT molecular complexity index is 1500. The molecule has 0 fully saturated rings. The minimum atomic E-state index is -0.847. The molecule has 0 unspecified atom stereocenters. The smallest absolute Gasteiger partial charge is 0.277 e. The first kappa shape index (κ1) is 25.5. The van der Waals surface area contributed by atoms with E-state index in [1.807, 2.05) is 19.2 Å². The molecule has 0 radical (unpaired) electrons. The predicted octanol–water partition coefficient (Wildman–Crippen LogP) is 5.63. The molecule has 0 aromatic carbocycles. The molecule has 0 aliphatic heterocycles. The van der Waals surface area contributed by atoms with Gasteiger partial charge in [-0.05, 0) is 31.9 Å². The van der Waals surface area contributed by atoms with Crippen molar-refractivity contribution in [3.8, 4) is 17.3 Å². The number of hydrogen-bond acceptors (Lipinski definition) is 5. The van der Waals surface area contributed by atoms with Gasteiger partial charge in [-0.25, -0.2) is 18.4 Å². The molecule has 4 rings (SSSR count). The standard InChI is InChI=1S/C26H26ClF2N5O2/c1-6-26(4,5)22-7-8-33(32-22)23-11-20(15(2)12-31-23)34-16(3)9-21(24(27)25(34)35)36-14-19-18(29)10-17(28)13-30-19/h7-13H,6,14H2,1-5H3. The number of aromatic nitrogens is 5. The average molecular weight is 514 g/mol. The summed E-state index contributed by atoms with van der Waals surface area (Å²) in [7, 11) is 0. The third-order valence-corrected chi connectivity index (χ3v) is 6.60. The number of pyridine rings is 3. The zero-order chi connectivity index (χ0) is 26.2. The monoisotopic (exact) mass is 513 g/mol. The summed E-state index contributed by atoms with van der Waals surface area (Å²) in [4.78, 5) is 21.5. The summed E-state index contributed by atoms with van der Waals surface area (Å²) in [6.07, 6.45) is 5.34. The molecule has 0 saturated carbocycles. The highest BCUT2D eigenvalue weighted by molar-refractivity contribution is 6.31. The number of ether oxygens (including phenoxy) is 1. The van der Waals surface area contributed by atoms with Gasteiger partial charge in [-0.15, -0.1) is 0 Å². The Morgan fingerprint density at radius 2 is 1.86 bits per heavy atom. The fourth-order valence-corrected chi connectivity index (χ4v) is 3.84. The molecular formula is C26H26ClF2N5O2. The van der Waals surface area contributed by atoms with Crippen LogP contribution in [-0.2, 0) is 12.0 Å². The predicted molar refractivity (Wildman–Crippen MR) is 133 cm³/mol. The molecule has 0 aliphatic carbocycles. The van der Waals surface area contributed by atoms with Crippen LogP contribution in [0.5, 0.6) is 5.75 Å². The maximum atomic E-state index is 13.9. The van der Waals surface area contributed by atoms with Crippen molar-refractivity contribution in [3.05, 3.63) is 92.5 Å². The van der Waals surface area contributed by atoms with Crippen molar-refractivity contribution in [3.63, 3.8) is 0 Å². The van der Waals surface area contributed by atoms with Gasteiger partial charge in [-0.3, -0.25) is 14.3 Å². The Balaban J connectivity index is 1.69. The van der Waals surface area contributed by atoms with E-state index in [-0.39, 0.29) is 28.5 Å². The van der Waals surface area contributed by atoms with Crippen molar-refractivity contribution in [2.45, 2.75) is 53.1 Å². The summed E-state index contributed by atoms with van der Waals surface area (Å²) in [5.41, 5.74) is 2.14. The molecule has 0 aliphatic rings. The molecule has 188 valence electrons. The average Bonchev–Trinajstić information content (AvgIpc) is 3.34. The molecule has 4 aromatic rings. The van der Waals surface area contributed by atoms with Crippen LogP contribution in [0.25, 0.3) is 11.5 Å². The maximum Gasteiger partial charge on any atom is 0.277 e.